The Hall–Kier alpha value is 0.255. The summed E-state index contributed by atoms with van der Waals surface area (Å²) in [6, 6.07) is 3.03. The number of aliphatic hydroxyl groups excluding tert-OH is 1. The first kappa shape index (κ1) is 17.6. The summed E-state index contributed by atoms with van der Waals surface area (Å²) in [6.07, 6.45) is 0. The third kappa shape index (κ3) is 8.10. The SMILES string of the molecule is C[Si]1(C)C[C@@H](N)[C@H](N)C1.O=C(O)CO.[Pt]. The van der Waals surface area contributed by atoms with Crippen molar-refractivity contribution in [3.63, 3.8) is 0 Å². The van der Waals surface area contributed by atoms with Crippen LogP contribution in [0.1, 0.15) is 0 Å². The fourth-order valence-electron chi connectivity index (χ4n) is 1.66. The van der Waals surface area contributed by atoms with Gasteiger partial charge in [-0.05, 0) is 12.1 Å². The van der Waals surface area contributed by atoms with Crippen molar-refractivity contribution in [2.45, 2.75) is 37.3 Å². The molecule has 1 aliphatic rings. The van der Waals surface area contributed by atoms with Crippen LogP contribution in [0.3, 0.4) is 0 Å². The first-order valence-electron chi connectivity index (χ1n) is 4.62. The normalized spacial score (nSPS) is 27.3. The number of hydrogen-bond acceptors (Lipinski definition) is 4. The molecule has 1 aliphatic heterocycles. The van der Waals surface area contributed by atoms with Crippen molar-refractivity contribution in [2.24, 2.45) is 11.5 Å². The molecule has 0 spiro atoms. The van der Waals surface area contributed by atoms with Gasteiger partial charge in [-0.3, -0.25) is 0 Å². The van der Waals surface area contributed by atoms with Gasteiger partial charge < -0.3 is 21.7 Å². The van der Waals surface area contributed by atoms with Crippen LogP contribution in [0.15, 0.2) is 0 Å². The number of carboxylic acid groups (broad SMARTS) is 1. The van der Waals surface area contributed by atoms with Gasteiger partial charge in [0, 0.05) is 33.1 Å². The Labute approximate surface area is 105 Å². The summed E-state index contributed by atoms with van der Waals surface area (Å²) in [5, 5.41) is 15.0. The maximum Gasteiger partial charge on any atom is 0.329 e. The van der Waals surface area contributed by atoms with Crippen LogP contribution in [0.25, 0.3) is 0 Å². The topological polar surface area (TPSA) is 110 Å². The predicted octanol–water partition coefficient (Wildman–Crippen LogP) is -0.576. The van der Waals surface area contributed by atoms with Gasteiger partial charge in [0.05, 0.1) is 8.07 Å². The van der Waals surface area contributed by atoms with Gasteiger partial charge in [-0.2, -0.15) is 0 Å². The van der Waals surface area contributed by atoms with E-state index >= 15 is 0 Å². The zero-order valence-electron chi connectivity index (χ0n) is 9.05. The van der Waals surface area contributed by atoms with Crippen molar-refractivity contribution >= 4 is 14.0 Å². The first-order valence-corrected chi connectivity index (χ1v) is 8.04. The average Bonchev–Trinajstić information content (AvgIpc) is 2.25. The third-order valence-corrected chi connectivity index (χ3v) is 5.41. The number of carbonyl (C=O) groups is 1. The predicted molar refractivity (Wildman–Crippen MR) is 57.8 cm³/mol. The van der Waals surface area contributed by atoms with E-state index in [1.807, 2.05) is 0 Å². The molecular formula is C8H20N2O3PtSi. The Morgan fingerprint density at radius 2 is 1.60 bits per heavy atom. The van der Waals surface area contributed by atoms with Crippen molar-refractivity contribution in [3.05, 3.63) is 0 Å². The summed E-state index contributed by atoms with van der Waals surface area (Å²) >= 11 is 0. The molecule has 0 aliphatic carbocycles. The van der Waals surface area contributed by atoms with Gasteiger partial charge >= 0.3 is 5.97 Å². The summed E-state index contributed by atoms with van der Waals surface area (Å²) in [5.74, 6) is -1.19. The molecule has 1 heterocycles. The fourth-order valence-corrected chi connectivity index (χ4v) is 4.99. The Morgan fingerprint density at radius 3 is 1.67 bits per heavy atom. The summed E-state index contributed by atoms with van der Waals surface area (Å²) in [6.45, 7) is 3.94. The summed E-state index contributed by atoms with van der Waals surface area (Å²) in [4.78, 5) is 9.12. The number of rotatable bonds is 1. The van der Waals surface area contributed by atoms with Crippen LogP contribution >= 0.6 is 0 Å². The molecule has 0 bridgehead atoms. The van der Waals surface area contributed by atoms with Crippen molar-refractivity contribution in [3.8, 4) is 0 Å². The first-order chi connectivity index (χ1) is 6.28. The van der Waals surface area contributed by atoms with Crippen LogP contribution in [0.2, 0.25) is 25.2 Å². The Morgan fingerprint density at radius 1 is 1.33 bits per heavy atom. The van der Waals surface area contributed by atoms with Crippen LogP contribution < -0.4 is 11.5 Å². The molecular weight excluding hydrogens is 395 g/mol. The minimum atomic E-state index is -1.19. The molecule has 0 unspecified atom stereocenters. The van der Waals surface area contributed by atoms with Gasteiger partial charge in [0.1, 0.15) is 6.61 Å². The number of carboxylic acids is 1. The van der Waals surface area contributed by atoms with Crippen molar-refractivity contribution in [2.75, 3.05) is 6.61 Å². The van der Waals surface area contributed by atoms with Crippen molar-refractivity contribution in [1.82, 2.24) is 0 Å². The summed E-state index contributed by atoms with van der Waals surface area (Å²) < 4.78 is 0. The van der Waals surface area contributed by atoms with Gasteiger partial charge in [-0.1, -0.05) is 13.1 Å². The maximum absolute atomic E-state index is 9.12. The monoisotopic (exact) mass is 415 g/mol. The van der Waals surface area contributed by atoms with Crippen LogP contribution in [0.5, 0.6) is 0 Å². The van der Waals surface area contributed by atoms with E-state index in [2.05, 4.69) is 13.1 Å². The van der Waals surface area contributed by atoms with Crippen LogP contribution in [-0.4, -0.2) is 42.9 Å². The number of aliphatic hydroxyl groups is 1. The molecule has 0 aromatic heterocycles. The van der Waals surface area contributed by atoms with Crippen molar-refractivity contribution in [1.29, 1.82) is 0 Å². The van der Waals surface area contributed by atoms with Gasteiger partial charge in [-0.25, -0.2) is 4.79 Å². The van der Waals surface area contributed by atoms with E-state index in [0.29, 0.717) is 12.1 Å². The van der Waals surface area contributed by atoms with Gasteiger partial charge in [0.15, 0.2) is 0 Å². The molecule has 7 heteroatoms. The Balaban J connectivity index is 0. The van der Waals surface area contributed by atoms with E-state index in [-0.39, 0.29) is 21.1 Å². The molecule has 0 amide bonds. The van der Waals surface area contributed by atoms with E-state index in [1.54, 1.807) is 0 Å². The maximum atomic E-state index is 9.12. The second kappa shape index (κ2) is 7.52. The summed E-state index contributed by atoms with van der Waals surface area (Å²) in [7, 11) is -0.916. The van der Waals surface area contributed by atoms with Gasteiger partial charge in [-0.15, -0.1) is 0 Å². The molecule has 94 valence electrons. The molecule has 6 N–H and O–H groups in total. The minimum Gasteiger partial charge on any atom is -0.480 e. The zero-order chi connectivity index (χ0) is 11.4. The molecule has 1 fully saturated rings. The second-order valence-corrected chi connectivity index (χ2v) is 9.60. The van der Waals surface area contributed by atoms with E-state index in [1.165, 1.54) is 12.1 Å². The molecule has 0 radical (unpaired) electrons. The number of aliphatic carboxylic acids is 1. The Bertz CT molecular complexity index is 192. The van der Waals surface area contributed by atoms with Gasteiger partial charge in [0.2, 0.25) is 0 Å². The largest absolute Gasteiger partial charge is 0.480 e. The van der Waals surface area contributed by atoms with Crippen molar-refractivity contribution < 1.29 is 36.1 Å². The van der Waals surface area contributed by atoms with Crippen LogP contribution in [0, 0.1) is 0 Å². The molecule has 5 nitrogen and oxygen atoms in total. The smallest absolute Gasteiger partial charge is 0.329 e. The van der Waals surface area contributed by atoms with Crippen LogP contribution in [0.4, 0.5) is 0 Å². The average molecular weight is 415 g/mol. The molecule has 0 saturated carbocycles. The quantitative estimate of drug-likeness (QED) is 0.429. The molecule has 1 saturated heterocycles. The molecule has 1 rings (SSSR count). The van der Waals surface area contributed by atoms with E-state index in [0.717, 1.165) is 0 Å². The number of nitrogens with two attached hydrogens (primary N) is 2. The standard InChI is InChI=1S/C6H16N2Si.C2H4O3.Pt/c1-9(2)3-5(7)6(8)4-9;3-1-2(4)5;/h5-6H,3-4,7-8H2,1-2H3;3H,1H2,(H,4,5);/t5-,6-;;/m1../s1. The Kier molecular flexibility index (Phi) is 8.84. The summed E-state index contributed by atoms with van der Waals surface area (Å²) in [5.41, 5.74) is 11.5. The van der Waals surface area contributed by atoms with E-state index in [9.17, 15) is 0 Å². The van der Waals surface area contributed by atoms with Crippen LogP contribution in [-0.2, 0) is 25.9 Å². The van der Waals surface area contributed by atoms with E-state index in [4.69, 9.17) is 26.5 Å². The molecule has 0 aromatic rings. The molecule has 15 heavy (non-hydrogen) atoms. The third-order valence-electron chi connectivity index (χ3n) is 2.26. The van der Waals surface area contributed by atoms with Gasteiger partial charge in [0.25, 0.3) is 0 Å². The molecule has 0 aromatic carbocycles. The molecule has 2 atom stereocenters. The number of hydrogen-bond donors (Lipinski definition) is 4. The fraction of sp³-hybridized carbons (Fsp3) is 0.875. The van der Waals surface area contributed by atoms with E-state index < -0.39 is 20.7 Å². The minimum absolute atomic E-state index is 0. The second-order valence-electron chi connectivity index (χ2n) is 4.45. The zero-order valence-corrected chi connectivity index (χ0v) is 12.3.